The van der Waals surface area contributed by atoms with E-state index in [2.05, 4.69) is 34.3 Å². The third-order valence-electron chi connectivity index (χ3n) is 8.16. The van der Waals surface area contributed by atoms with Crippen molar-refractivity contribution in [1.82, 2.24) is 20.4 Å². The molecule has 0 radical (unpaired) electrons. The number of amides is 2. The number of nitrogens with one attached hydrogen (secondary N) is 2. The molecule has 194 valence electrons. The maximum atomic E-state index is 12.2. The zero-order valence-corrected chi connectivity index (χ0v) is 21.3. The van der Waals surface area contributed by atoms with Crippen LogP contribution < -0.4 is 10.6 Å². The van der Waals surface area contributed by atoms with Gasteiger partial charge in [-0.1, -0.05) is 25.7 Å². The van der Waals surface area contributed by atoms with Gasteiger partial charge >= 0.3 is 12.2 Å². The highest BCUT2D eigenvalue weighted by Gasteiger charge is 2.43. The molecule has 8 atom stereocenters. The molecule has 0 aromatic heterocycles. The van der Waals surface area contributed by atoms with Crippen molar-refractivity contribution in [1.29, 1.82) is 0 Å². The predicted molar refractivity (Wildman–Crippen MR) is 132 cm³/mol. The van der Waals surface area contributed by atoms with E-state index >= 15 is 0 Å². The number of ether oxygens (including phenoxy) is 2. The molecule has 2 saturated heterocycles. The highest BCUT2D eigenvalue weighted by Crippen LogP contribution is 2.33. The minimum Gasteiger partial charge on any atom is -0.445 e. The Morgan fingerprint density at radius 2 is 1.06 bits per heavy atom. The Hall–Kier alpha value is -1.54. The zero-order chi connectivity index (χ0) is 23.9. The largest absolute Gasteiger partial charge is 0.445 e. The summed E-state index contributed by atoms with van der Waals surface area (Å²) in [5.41, 5.74) is 0. The summed E-state index contributed by atoms with van der Waals surface area (Å²) in [4.78, 5) is 29.4. The van der Waals surface area contributed by atoms with Crippen molar-refractivity contribution in [3.63, 3.8) is 0 Å². The molecule has 34 heavy (non-hydrogen) atoms. The van der Waals surface area contributed by atoms with Gasteiger partial charge in [-0.25, -0.2) is 9.59 Å². The van der Waals surface area contributed by atoms with E-state index in [1.54, 1.807) is 0 Å². The van der Waals surface area contributed by atoms with E-state index in [4.69, 9.17) is 9.47 Å². The molecule has 2 aliphatic heterocycles. The molecule has 4 rings (SSSR count). The fraction of sp³-hybridized carbons (Fsp3) is 0.923. The summed E-state index contributed by atoms with van der Waals surface area (Å²) in [6.45, 7) is 8.04. The van der Waals surface area contributed by atoms with Gasteiger partial charge in [-0.15, -0.1) is 0 Å². The predicted octanol–water partition coefficient (Wildman–Crippen LogP) is 4.03. The topological polar surface area (TPSA) is 82.7 Å². The quantitative estimate of drug-likeness (QED) is 0.345. The van der Waals surface area contributed by atoms with Crippen molar-refractivity contribution in [2.75, 3.05) is 26.2 Å². The molecule has 0 bridgehead atoms. The van der Waals surface area contributed by atoms with Gasteiger partial charge in [-0.2, -0.15) is 0 Å². The number of hydrogen-bond acceptors (Lipinski definition) is 6. The monoisotopic (exact) mass is 478 g/mol. The second kappa shape index (κ2) is 12.4. The Balaban J connectivity index is 0.997. The summed E-state index contributed by atoms with van der Waals surface area (Å²) in [5, 5.41) is 5.85. The molecule has 0 aromatic carbocycles. The van der Waals surface area contributed by atoms with Crippen LogP contribution in [0.3, 0.4) is 0 Å². The summed E-state index contributed by atoms with van der Waals surface area (Å²) >= 11 is 0. The molecule has 0 spiro atoms. The summed E-state index contributed by atoms with van der Waals surface area (Å²) in [5.74, 6) is 0. The molecule has 2 amide bonds. The van der Waals surface area contributed by atoms with E-state index in [0.717, 1.165) is 77.3 Å². The lowest BCUT2D eigenvalue weighted by Crippen LogP contribution is -2.42. The van der Waals surface area contributed by atoms with Gasteiger partial charge < -0.3 is 20.1 Å². The third kappa shape index (κ3) is 7.48. The molecule has 8 heteroatoms. The van der Waals surface area contributed by atoms with Gasteiger partial charge in [-0.3, -0.25) is 9.80 Å². The van der Waals surface area contributed by atoms with Crippen molar-refractivity contribution in [3.8, 4) is 0 Å². The first-order chi connectivity index (χ1) is 16.5. The molecular formula is C26H46N4O4. The molecule has 0 aromatic rings. The van der Waals surface area contributed by atoms with Gasteiger partial charge in [0, 0.05) is 50.3 Å². The summed E-state index contributed by atoms with van der Waals surface area (Å²) in [6.07, 6.45) is 12.5. The Labute approximate surface area is 205 Å². The molecule has 2 saturated carbocycles. The minimum atomic E-state index is -0.270. The van der Waals surface area contributed by atoms with E-state index in [9.17, 15) is 9.59 Å². The normalized spacial score (nSPS) is 36.9. The number of carbonyl (C=O) groups excluding carboxylic acids is 2. The Bertz CT molecular complexity index is 621. The molecular weight excluding hydrogens is 432 g/mol. The lowest BCUT2D eigenvalue weighted by atomic mass is 9.92. The highest BCUT2D eigenvalue weighted by atomic mass is 16.6. The molecule has 8 nitrogen and oxygen atoms in total. The van der Waals surface area contributed by atoms with Crippen molar-refractivity contribution >= 4 is 12.2 Å². The zero-order valence-electron chi connectivity index (χ0n) is 21.3. The Morgan fingerprint density at radius 1 is 0.676 bits per heavy atom. The minimum absolute atomic E-state index is 0.0401. The number of hydrogen-bond donors (Lipinski definition) is 2. The van der Waals surface area contributed by atoms with E-state index in [-0.39, 0.29) is 24.4 Å². The van der Waals surface area contributed by atoms with E-state index in [1.165, 1.54) is 12.8 Å². The Morgan fingerprint density at radius 3 is 1.44 bits per heavy atom. The summed E-state index contributed by atoms with van der Waals surface area (Å²) in [7, 11) is 0. The maximum absolute atomic E-state index is 12.2. The van der Waals surface area contributed by atoms with Gasteiger partial charge in [0.2, 0.25) is 0 Å². The second-order valence-electron chi connectivity index (χ2n) is 11.0. The first-order valence-corrected chi connectivity index (χ1v) is 13.9. The first kappa shape index (κ1) is 25.5. The second-order valence-corrected chi connectivity index (χ2v) is 11.0. The van der Waals surface area contributed by atoms with Crippen LogP contribution in [-0.2, 0) is 9.47 Å². The number of rotatable bonds is 11. The van der Waals surface area contributed by atoms with Crippen LogP contribution in [0.15, 0.2) is 0 Å². The van der Waals surface area contributed by atoms with Gasteiger partial charge in [0.25, 0.3) is 0 Å². The van der Waals surface area contributed by atoms with E-state index in [1.807, 2.05) is 0 Å². The van der Waals surface area contributed by atoms with Crippen molar-refractivity contribution in [3.05, 3.63) is 0 Å². The molecule has 8 unspecified atom stereocenters. The molecule has 2 aliphatic carbocycles. The van der Waals surface area contributed by atoms with Crippen LogP contribution in [0.4, 0.5) is 9.59 Å². The SMILES string of the molecule is CC1CN1C1CCCCC1OC(=O)NCCCCCCNC(=O)OC1CCCCC1N1CC1C. The molecule has 4 fully saturated rings. The van der Waals surface area contributed by atoms with Crippen molar-refractivity contribution < 1.29 is 19.1 Å². The maximum Gasteiger partial charge on any atom is 0.407 e. The van der Waals surface area contributed by atoms with Crippen molar-refractivity contribution in [2.24, 2.45) is 0 Å². The van der Waals surface area contributed by atoms with Crippen LogP contribution in [0.1, 0.15) is 90.9 Å². The van der Waals surface area contributed by atoms with Gasteiger partial charge in [-0.05, 0) is 65.2 Å². The van der Waals surface area contributed by atoms with E-state index in [0.29, 0.717) is 37.3 Å². The number of alkyl carbamates (subject to hydrolysis) is 2. The van der Waals surface area contributed by atoms with Crippen LogP contribution in [0.5, 0.6) is 0 Å². The van der Waals surface area contributed by atoms with Crippen LogP contribution in [0, 0.1) is 0 Å². The van der Waals surface area contributed by atoms with Crippen LogP contribution in [0.2, 0.25) is 0 Å². The number of carbonyl (C=O) groups is 2. The van der Waals surface area contributed by atoms with Crippen molar-refractivity contribution in [2.45, 2.75) is 127 Å². The average molecular weight is 479 g/mol. The third-order valence-corrected chi connectivity index (χ3v) is 8.16. The van der Waals surface area contributed by atoms with Crippen LogP contribution >= 0.6 is 0 Å². The number of unbranched alkanes of at least 4 members (excludes halogenated alkanes) is 3. The lowest BCUT2D eigenvalue weighted by molar-refractivity contribution is 0.0323. The lowest BCUT2D eigenvalue weighted by Gasteiger charge is -2.32. The Kier molecular flexibility index (Phi) is 9.34. The summed E-state index contributed by atoms with van der Waals surface area (Å²) < 4.78 is 11.5. The van der Waals surface area contributed by atoms with Gasteiger partial charge in [0.05, 0.1) is 0 Å². The number of nitrogens with zero attached hydrogens (tertiary/aromatic N) is 2. The molecule has 2 N–H and O–H groups in total. The fourth-order valence-electron chi connectivity index (χ4n) is 5.97. The standard InChI is InChI=1S/C26H46N4O4/c1-19-17-29(19)21-11-5-7-13-23(21)33-25(31)27-15-9-3-4-10-16-28-26(32)34-24-14-8-6-12-22(24)30-18-20(30)2/h19-24H,3-18H2,1-2H3,(H,27,31)(H,28,32). The van der Waals surface area contributed by atoms with Crippen LogP contribution in [0.25, 0.3) is 0 Å². The first-order valence-electron chi connectivity index (χ1n) is 13.9. The average Bonchev–Trinajstić information content (AvgIpc) is 3.74. The van der Waals surface area contributed by atoms with E-state index < -0.39 is 0 Å². The fourth-order valence-corrected chi connectivity index (χ4v) is 5.97. The van der Waals surface area contributed by atoms with Crippen LogP contribution in [-0.4, -0.2) is 84.5 Å². The van der Waals surface area contributed by atoms with Gasteiger partial charge in [0.1, 0.15) is 12.2 Å². The van der Waals surface area contributed by atoms with Gasteiger partial charge in [0.15, 0.2) is 0 Å². The highest BCUT2D eigenvalue weighted by molar-refractivity contribution is 5.67. The smallest absolute Gasteiger partial charge is 0.407 e. The summed E-state index contributed by atoms with van der Waals surface area (Å²) in [6, 6.07) is 2.10. The molecule has 4 aliphatic rings. The molecule has 2 heterocycles.